The maximum atomic E-state index is 5.65. The zero-order valence-electron chi connectivity index (χ0n) is 12.3. The largest absolute Gasteiger partial charge is 0.380 e. The van der Waals surface area contributed by atoms with E-state index in [-0.39, 0.29) is 5.54 Å². The van der Waals surface area contributed by atoms with E-state index in [0.717, 1.165) is 32.8 Å². The Balaban J connectivity index is 2.60. The second kappa shape index (κ2) is 6.72. The van der Waals surface area contributed by atoms with Crippen LogP contribution in [0.2, 0.25) is 0 Å². The molecule has 0 saturated carbocycles. The zero-order valence-corrected chi connectivity index (χ0v) is 12.3. The van der Waals surface area contributed by atoms with E-state index >= 15 is 0 Å². The van der Waals surface area contributed by atoms with Gasteiger partial charge in [0, 0.05) is 37.8 Å². The molecule has 0 aromatic heterocycles. The SMILES string of the molecule is CCOCC(C(C)C)N1CCNC(C)(CC)C1. The van der Waals surface area contributed by atoms with Crippen LogP contribution < -0.4 is 5.32 Å². The van der Waals surface area contributed by atoms with Gasteiger partial charge in [-0.2, -0.15) is 0 Å². The number of rotatable bonds is 6. The molecule has 1 heterocycles. The summed E-state index contributed by atoms with van der Waals surface area (Å²) >= 11 is 0. The van der Waals surface area contributed by atoms with E-state index in [2.05, 4.69) is 44.8 Å². The summed E-state index contributed by atoms with van der Waals surface area (Å²) < 4.78 is 5.65. The maximum Gasteiger partial charge on any atom is 0.0624 e. The van der Waals surface area contributed by atoms with Crippen molar-refractivity contribution in [1.29, 1.82) is 0 Å². The molecule has 0 amide bonds. The summed E-state index contributed by atoms with van der Waals surface area (Å²) in [6, 6.07) is 0.558. The molecule has 3 heteroatoms. The maximum absolute atomic E-state index is 5.65. The molecule has 0 radical (unpaired) electrons. The summed E-state index contributed by atoms with van der Waals surface area (Å²) in [5, 5.41) is 3.64. The second-order valence-electron chi connectivity index (χ2n) is 5.78. The fourth-order valence-electron chi connectivity index (χ4n) is 2.56. The number of ether oxygens (including phenoxy) is 1. The van der Waals surface area contributed by atoms with Crippen LogP contribution >= 0.6 is 0 Å². The normalized spacial score (nSPS) is 28.6. The van der Waals surface area contributed by atoms with Crippen molar-refractivity contribution in [3.05, 3.63) is 0 Å². The van der Waals surface area contributed by atoms with Gasteiger partial charge in [0.1, 0.15) is 0 Å². The predicted molar refractivity (Wildman–Crippen MR) is 73.4 cm³/mol. The van der Waals surface area contributed by atoms with Gasteiger partial charge in [-0.15, -0.1) is 0 Å². The van der Waals surface area contributed by atoms with Gasteiger partial charge in [-0.3, -0.25) is 4.90 Å². The minimum atomic E-state index is 0.275. The first-order valence-electron chi connectivity index (χ1n) is 7.09. The van der Waals surface area contributed by atoms with Crippen molar-refractivity contribution in [2.24, 2.45) is 5.92 Å². The quantitative estimate of drug-likeness (QED) is 0.772. The summed E-state index contributed by atoms with van der Waals surface area (Å²) in [4.78, 5) is 2.61. The summed E-state index contributed by atoms with van der Waals surface area (Å²) in [7, 11) is 0. The molecule has 1 N–H and O–H groups in total. The average molecular weight is 242 g/mol. The summed E-state index contributed by atoms with van der Waals surface area (Å²) in [5.74, 6) is 0.653. The van der Waals surface area contributed by atoms with Crippen LogP contribution in [-0.2, 0) is 4.74 Å². The number of nitrogens with zero attached hydrogens (tertiary/aromatic N) is 1. The Kier molecular flexibility index (Phi) is 5.90. The third kappa shape index (κ3) is 4.23. The first-order valence-corrected chi connectivity index (χ1v) is 7.09. The number of piperazine rings is 1. The Bertz CT molecular complexity index is 220. The molecule has 3 nitrogen and oxygen atoms in total. The highest BCUT2D eigenvalue weighted by molar-refractivity contribution is 4.92. The molecule has 0 aliphatic carbocycles. The molecule has 0 bridgehead atoms. The molecule has 2 atom stereocenters. The molecule has 1 fully saturated rings. The lowest BCUT2D eigenvalue weighted by Gasteiger charge is -2.45. The summed E-state index contributed by atoms with van der Waals surface area (Å²) in [6.07, 6.45) is 1.18. The van der Waals surface area contributed by atoms with Crippen LogP contribution in [0.1, 0.15) is 41.0 Å². The molecule has 0 spiro atoms. The molecular weight excluding hydrogens is 212 g/mol. The van der Waals surface area contributed by atoms with Crippen molar-refractivity contribution in [2.75, 3.05) is 32.8 Å². The Hall–Kier alpha value is -0.120. The van der Waals surface area contributed by atoms with E-state index in [9.17, 15) is 0 Å². The molecule has 1 rings (SSSR count). The molecule has 0 aromatic rings. The van der Waals surface area contributed by atoms with E-state index in [1.807, 2.05) is 0 Å². The summed E-state index contributed by atoms with van der Waals surface area (Å²) in [6.45, 7) is 16.3. The van der Waals surface area contributed by atoms with Crippen LogP contribution in [0.5, 0.6) is 0 Å². The fraction of sp³-hybridized carbons (Fsp3) is 1.00. The van der Waals surface area contributed by atoms with Gasteiger partial charge in [-0.05, 0) is 26.2 Å². The van der Waals surface area contributed by atoms with Crippen LogP contribution in [0.25, 0.3) is 0 Å². The van der Waals surface area contributed by atoms with Gasteiger partial charge < -0.3 is 10.1 Å². The topological polar surface area (TPSA) is 24.5 Å². The average Bonchev–Trinajstić information content (AvgIpc) is 2.29. The lowest BCUT2D eigenvalue weighted by atomic mass is 9.93. The molecule has 17 heavy (non-hydrogen) atoms. The van der Waals surface area contributed by atoms with Crippen molar-refractivity contribution >= 4 is 0 Å². The van der Waals surface area contributed by atoms with Gasteiger partial charge in [-0.1, -0.05) is 20.8 Å². The van der Waals surface area contributed by atoms with Gasteiger partial charge in [0.05, 0.1) is 6.61 Å². The van der Waals surface area contributed by atoms with E-state index < -0.39 is 0 Å². The molecule has 0 aromatic carbocycles. The van der Waals surface area contributed by atoms with E-state index in [1.54, 1.807) is 0 Å². The van der Waals surface area contributed by atoms with Crippen LogP contribution in [0.15, 0.2) is 0 Å². The van der Waals surface area contributed by atoms with Crippen molar-refractivity contribution in [3.8, 4) is 0 Å². The standard InChI is InChI=1S/C14H30N2O/c1-6-14(5)11-16(9-8-15-14)13(12(3)4)10-17-7-2/h12-13,15H,6-11H2,1-5H3. The predicted octanol–water partition coefficient (Wildman–Crippen LogP) is 2.12. The Morgan fingerprint density at radius 3 is 2.59 bits per heavy atom. The minimum absolute atomic E-state index is 0.275. The number of hydrogen-bond donors (Lipinski definition) is 1. The zero-order chi connectivity index (χ0) is 12.9. The van der Waals surface area contributed by atoms with Gasteiger partial charge in [0.25, 0.3) is 0 Å². The lowest BCUT2D eigenvalue weighted by Crippen LogP contribution is -2.62. The molecular formula is C14H30N2O. The van der Waals surface area contributed by atoms with Crippen molar-refractivity contribution in [2.45, 2.75) is 52.6 Å². The molecule has 2 unspecified atom stereocenters. The smallest absolute Gasteiger partial charge is 0.0624 e. The van der Waals surface area contributed by atoms with Crippen molar-refractivity contribution in [1.82, 2.24) is 10.2 Å². The van der Waals surface area contributed by atoms with Crippen molar-refractivity contribution in [3.63, 3.8) is 0 Å². The monoisotopic (exact) mass is 242 g/mol. The molecule has 102 valence electrons. The van der Waals surface area contributed by atoms with Crippen LogP contribution in [-0.4, -0.2) is 49.3 Å². The lowest BCUT2D eigenvalue weighted by molar-refractivity contribution is 0.0147. The van der Waals surface area contributed by atoms with Gasteiger partial charge >= 0.3 is 0 Å². The highest BCUT2D eigenvalue weighted by Crippen LogP contribution is 2.20. The molecule has 1 aliphatic rings. The Morgan fingerprint density at radius 1 is 1.35 bits per heavy atom. The van der Waals surface area contributed by atoms with Crippen LogP contribution in [0.4, 0.5) is 0 Å². The fourth-order valence-corrected chi connectivity index (χ4v) is 2.56. The van der Waals surface area contributed by atoms with Crippen LogP contribution in [0.3, 0.4) is 0 Å². The Labute approximate surface area is 107 Å². The van der Waals surface area contributed by atoms with Gasteiger partial charge in [-0.25, -0.2) is 0 Å². The van der Waals surface area contributed by atoms with Gasteiger partial charge in [0.15, 0.2) is 0 Å². The van der Waals surface area contributed by atoms with E-state index in [1.165, 1.54) is 6.42 Å². The van der Waals surface area contributed by atoms with E-state index in [4.69, 9.17) is 4.74 Å². The number of hydrogen-bond acceptors (Lipinski definition) is 3. The highest BCUT2D eigenvalue weighted by atomic mass is 16.5. The van der Waals surface area contributed by atoms with Crippen molar-refractivity contribution < 1.29 is 4.74 Å². The molecule has 1 saturated heterocycles. The molecule has 1 aliphatic heterocycles. The third-order valence-corrected chi connectivity index (χ3v) is 4.01. The minimum Gasteiger partial charge on any atom is -0.380 e. The van der Waals surface area contributed by atoms with Gasteiger partial charge in [0.2, 0.25) is 0 Å². The Morgan fingerprint density at radius 2 is 2.06 bits per heavy atom. The van der Waals surface area contributed by atoms with E-state index in [0.29, 0.717) is 12.0 Å². The second-order valence-corrected chi connectivity index (χ2v) is 5.78. The first-order chi connectivity index (χ1) is 8.02. The summed E-state index contributed by atoms with van der Waals surface area (Å²) in [5.41, 5.74) is 0.275. The van der Waals surface area contributed by atoms with Crippen LogP contribution in [0, 0.1) is 5.92 Å². The number of nitrogens with one attached hydrogen (secondary N) is 1. The highest BCUT2D eigenvalue weighted by Gasteiger charge is 2.33. The third-order valence-electron chi connectivity index (χ3n) is 4.01. The first kappa shape index (κ1) is 14.9.